The highest BCUT2D eigenvalue weighted by atomic mass is 16.5. The van der Waals surface area contributed by atoms with E-state index in [4.69, 9.17) is 10.5 Å². The molecule has 0 bridgehead atoms. The zero-order valence-corrected chi connectivity index (χ0v) is 10.5. The predicted octanol–water partition coefficient (Wildman–Crippen LogP) is 2.89. The number of rotatable bonds is 2. The van der Waals surface area contributed by atoms with Gasteiger partial charge in [0.25, 0.3) is 0 Å². The van der Waals surface area contributed by atoms with Crippen molar-refractivity contribution < 1.29 is 4.74 Å². The molecule has 94 valence electrons. The summed E-state index contributed by atoms with van der Waals surface area (Å²) in [6, 6.07) is 11.6. The van der Waals surface area contributed by atoms with Gasteiger partial charge in [0, 0.05) is 23.3 Å². The summed E-state index contributed by atoms with van der Waals surface area (Å²) in [6.07, 6.45) is 3.44. The number of hydrogen-bond donors (Lipinski definition) is 1. The zero-order valence-electron chi connectivity index (χ0n) is 10.5. The van der Waals surface area contributed by atoms with E-state index in [9.17, 15) is 0 Å². The summed E-state index contributed by atoms with van der Waals surface area (Å²) in [6.45, 7) is 0. The van der Waals surface area contributed by atoms with Gasteiger partial charge in [0.2, 0.25) is 0 Å². The Balaban J connectivity index is 2.34. The van der Waals surface area contributed by atoms with Gasteiger partial charge in [0.1, 0.15) is 5.69 Å². The molecule has 0 aliphatic carbocycles. The lowest BCUT2D eigenvalue weighted by molar-refractivity contribution is 0.417. The van der Waals surface area contributed by atoms with E-state index in [0.717, 1.165) is 16.5 Å². The predicted molar refractivity (Wildman–Crippen MR) is 75.9 cm³/mol. The second kappa shape index (κ2) is 4.57. The Kier molecular flexibility index (Phi) is 2.76. The molecule has 3 aromatic rings. The van der Waals surface area contributed by atoms with Gasteiger partial charge in [-0.2, -0.15) is 0 Å². The SMILES string of the molecule is COc1c(N)ccnc1-c1cccc2cccnc12. The van der Waals surface area contributed by atoms with Crippen LogP contribution in [0.4, 0.5) is 5.69 Å². The van der Waals surface area contributed by atoms with Crippen LogP contribution in [0.15, 0.2) is 48.8 Å². The minimum atomic E-state index is 0.570. The van der Waals surface area contributed by atoms with E-state index in [0.29, 0.717) is 17.1 Å². The molecule has 19 heavy (non-hydrogen) atoms. The number of fused-ring (bicyclic) bond motifs is 1. The molecule has 0 aliphatic heterocycles. The summed E-state index contributed by atoms with van der Waals surface area (Å²) >= 11 is 0. The molecule has 0 saturated carbocycles. The molecule has 4 heteroatoms. The maximum Gasteiger partial charge on any atom is 0.168 e. The standard InChI is InChI=1S/C15H13N3O/c1-19-15-12(16)7-9-18-14(15)11-6-2-4-10-5-3-8-17-13(10)11/h2-9H,1H3,(H2,16,18). The Hall–Kier alpha value is -2.62. The number of nitrogens with zero attached hydrogens (tertiary/aromatic N) is 2. The van der Waals surface area contributed by atoms with Gasteiger partial charge in [-0.25, -0.2) is 0 Å². The second-order valence-corrected chi connectivity index (χ2v) is 4.16. The minimum absolute atomic E-state index is 0.570. The number of aromatic nitrogens is 2. The van der Waals surface area contributed by atoms with Crippen LogP contribution in [0.5, 0.6) is 5.75 Å². The van der Waals surface area contributed by atoms with E-state index >= 15 is 0 Å². The number of nitrogen functional groups attached to an aromatic ring is 1. The number of nitrogens with two attached hydrogens (primary N) is 1. The van der Waals surface area contributed by atoms with Crippen LogP contribution in [0.3, 0.4) is 0 Å². The number of ether oxygens (including phenoxy) is 1. The van der Waals surface area contributed by atoms with E-state index in [1.165, 1.54) is 0 Å². The van der Waals surface area contributed by atoms with Crippen molar-refractivity contribution >= 4 is 16.6 Å². The molecule has 0 radical (unpaired) electrons. The van der Waals surface area contributed by atoms with Crippen LogP contribution in [0, 0.1) is 0 Å². The van der Waals surface area contributed by atoms with Crippen LogP contribution in [0.2, 0.25) is 0 Å². The summed E-state index contributed by atoms with van der Waals surface area (Å²) in [5.74, 6) is 0.584. The Morgan fingerprint density at radius 1 is 1.00 bits per heavy atom. The third kappa shape index (κ3) is 1.87. The van der Waals surface area contributed by atoms with Gasteiger partial charge in [-0.3, -0.25) is 9.97 Å². The van der Waals surface area contributed by atoms with Crippen molar-refractivity contribution in [3.05, 3.63) is 48.8 Å². The number of methoxy groups -OCH3 is 1. The lowest BCUT2D eigenvalue weighted by Crippen LogP contribution is -1.97. The molecule has 0 spiro atoms. The quantitative estimate of drug-likeness (QED) is 0.760. The molecule has 2 N–H and O–H groups in total. The average molecular weight is 251 g/mol. The van der Waals surface area contributed by atoms with Gasteiger partial charge in [0.05, 0.1) is 18.3 Å². The smallest absolute Gasteiger partial charge is 0.168 e. The molecule has 0 unspecified atom stereocenters. The van der Waals surface area contributed by atoms with Crippen molar-refractivity contribution in [3.8, 4) is 17.0 Å². The van der Waals surface area contributed by atoms with Gasteiger partial charge in [0.15, 0.2) is 5.75 Å². The number of para-hydroxylation sites is 1. The van der Waals surface area contributed by atoms with Crippen LogP contribution in [0.1, 0.15) is 0 Å². The first kappa shape index (κ1) is 11.5. The fraction of sp³-hybridized carbons (Fsp3) is 0.0667. The summed E-state index contributed by atoms with van der Waals surface area (Å²) in [5.41, 5.74) is 9.02. The van der Waals surface area contributed by atoms with Crippen LogP contribution < -0.4 is 10.5 Å². The molecule has 0 saturated heterocycles. The van der Waals surface area contributed by atoms with Crippen molar-refractivity contribution in [1.29, 1.82) is 0 Å². The summed E-state index contributed by atoms with van der Waals surface area (Å²) in [4.78, 5) is 8.81. The van der Waals surface area contributed by atoms with E-state index in [2.05, 4.69) is 9.97 Å². The molecule has 2 aromatic heterocycles. The molecule has 3 rings (SSSR count). The van der Waals surface area contributed by atoms with Crippen LogP contribution in [-0.4, -0.2) is 17.1 Å². The summed E-state index contributed by atoms with van der Waals surface area (Å²) in [7, 11) is 1.59. The van der Waals surface area contributed by atoms with Crippen molar-refractivity contribution in [2.45, 2.75) is 0 Å². The Labute approximate surface area is 110 Å². The van der Waals surface area contributed by atoms with E-state index in [1.54, 1.807) is 25.6 Å². The van der Waals surface area contributed by atoms with Crippen molar-refractivity contribution in [1.82, 2.24) is 9.97 Å². The molecule has 2 heterocycles. The van der Waals surface area contributed by atoms with Crippen LogP contribution in [-0.2, 0) is 0 Å². The van der Waals surface area contributed by atoms with Gasteiger partial charge < -0.3 is 10.5 Å². The van der Waals surface area contributed by atoms with Gasteiger partial charge in [-0.05, 0) is 12.1 Å². The number of anilines is 1. The van der Waals surface area contributed by atoms with Crippen molar-refractivity contribution in [3.63, 3.8) is 0 Å². The Morgan fingerprint density at radius 3 is 2.68 bits per heavy atom. The number of pyridine rings is 2. The highest BCUT2D eigenvalue weighted by molar-refractivity contribution is 5.94. The van der Waals surface area contributed by atoms with E-state index < -0.39 is 0 Å². The largest absolute Gasteiger partial charge is 0.492 e. The molecule has 0 amide bonds. The molecular formula is C15H13N3O. The van der Waals surface area contributed by atoms with Crippen LogP contribution in [0.25, 0.3) is 22.2 Å². The fourth-order valence-electron chi connectivity index (χ4n) is 2.16. The third-order valence-electron chi connectivity index (χ3n) is 3.03. The first-order chi connectivity index (χ1) is 9.31. The van der Waals surface area contributed by atoms with Crippen LogP contribution >= 0.6 is 0 Å². The monoisotopic (exact) mass is 251 g/mol. The third-order valence-corrected chi connectivity index (χ3v) is 3.03. The molecular weight excluding hydrogens is 238 g/mol. The maximum atomic E-state index is 5.93. The highest BCUT2D eigenvalue weighted by Crippen LogP contribution is 2.35. The average Bonchev–Trinajstić information content (AvgIpc) is 2.46. The highest BCUT2D eigenvalue weighted by Gasteiger charge is 2.13. The Bertz CT molecular complexity index is 735. The zero-order chi connectivity index (χ0) is 13.2. The lowest BCUT2D eigenvalue weighted by atomic mass is 10.1. The minimum Gasteiger partial charge on any atom is -0.492 e. The number of hydrogen-bond acceptors (Lipinski definition) is 4. The molecule has 1 aromatic carbocycles. The van der Waals surface area contributed by atoms with E-state index in [1.807, 2.05) is 30.3 Å². The Morgan fingerprint density at radius 2 is 1.84 bits per heavy atom. The maximum absolute atomic E-state index is 5.93. The summed E-state index contributed by atoms with van der Waals surface area (Å²) < 4.78 is 5.36. The van der Waals surface area contributed by atoms with Crippen molar-refractivity contribution in [2.75, 3.05) is 12.8 Å². The lowest BCUT2D eigenvalue weighted by Gasteiger charge is -2.11. The van der Waals surface area contributed by atoms with Gasteiger partial charge in [-0.15, -0.1) is 0 Å². The number of benzene rings is 1. The molecule has 0 aliphatic rings. The first-order valence-corrected chi connectivity index (χ1v) is 5.94. The second-order valence-electron chi connectivity index (χ2n) is 4.16. The normalized spacial score (nSPS) is 10.6. The molecule has 0 atom stereocenters. The summed E-state index contributed by atoms with van der Waals surface area (Å²) in [5, 5.41) is 1.06. The molecule has 4 nitrogen and oxygen atoms in total. The van der Waals surface area contributed by atoms with Crippen molar-refractivity contribution in [2.24, 2.45) is 0 Å². The van der Waals surface area contributed by atoms with Gasteiger partial charge in [-0.1, -0.05) is 24.3 Å². The van der Waals surface area contributed by atoms with E-state index in [-0.39, 0.29) is 0 Å². The molecule has 0 fully saturated rings. The first-order valence-electron chi connectivity index (χ1n) is 5.94. The fourth-order valence-corrected chi connectivity index (χ4v) is 2.16. The van der Waals surface area contributed by atoms with Gasteiger partial charge >= 0.3 is 0 Å². The topological polar surface area (TPSA) is 61.0 Å².